The summed E-state index contributed by atoms with van der Waals surface area (Å²) >= 11 is 0. The van der Waals surface area contributed by atoms with Crippen LogP contribution >= 0.6 is 0 Å². The number of benzene rings is 2. The summed E-state index contributed by atoms with van der Waals surface area (Å²) in [7, 11) is 0. The first-order valence-corrected chi connectivity index (χ1v) is 12.8. The van der Waals surface area contributed by atoms with Gasteiger partial charge in [-0.3, -0.25) is 0 Å². The fraction of sp³-hybridized carbons (Fsp3) is 0.500. The highest BCUT2D eigenvalue weighted by molar-refractivity contribution is 5.30. The minimum atomic E-state index is 0.0213. The predicted octanol–water partition coefficient (Wildman–Crippen LogP) is 7.68. The summed E-state index contributed by atoms with van der Waals surface area (Å²) in [6.07, 6.45) is 18.6. The van der Waals surface area contributed by atoms with E-state index in [-0.39, 0.29) is 5.41 Å². The van der Waals surface area contributed by atoms with Crippen LogP contribution in [0.4, 0.5) is 0 Å². The first-order valence-electron chi connectivity index (χ1n) is 12.8. The van der Waals surface area contributed by atoms with Gasteiger partial charge in [0.15, 0.2) is 0 Å². The second-order valence-electron chi connectivity index (χ2n) is 9.59. The number of hydrogen-bond donors (Lipinski definition) is 0. The minimum absolute atomic E-state index is 0.0213. The maximum Gasteiger partial charge on any atom is 0.244 e. The van der Waals surface area contributed by atoms with Crippen LogP contribution in [0.1, 0.15) is 89.3 Å². The molecule has 0 aliphatic rings. The van der Waals surface area contributed by atoms with Crippen molar-refractivity contribution in [2.45, 2.75) is 96.6 Å². The van der Waals surface area contributed by atoms with E-state index in [2.05, 4.69) is 109 Å². The van der Waals surface area contributed by atoms with Gasteiger partial charge in [-0.15, -0.1) is 0 Å². The van der Waals surface area contributed by atoms with E-state index in [1.807, 2.05) is 0 Å². The summed E-state index contributed by atoms with van der Waals surface area (Å²) < 4.78 is 4.86. The molecular weight excluding hydrogens is 388 g/mol. The van der Waals surface area contributed by atoms with Crippen LogP contribution in [-0.2, 0) is 18.4 Å². The number of imidazole rings is 1. The highest BCUT2D eigenvalue weighted by Crippen LogP contribution is 2.40. The Hall–Kier alpha value is -2.35. The van der Waals surface area contributed by atoms with E-state index in [1.165, 1.54) is 56.1 Å². The van der Waals surface area contributed by atoms with Gasteiger partial charge in [0.25, 0.3) is 0 Å². The average molecular weight is 432 g/mol. The highest BCUT2D eigenvalue weighted by Gasteiger charge is 2.39. The molecule has 0 fully saturated rings. The van der Waals surface area contributed by atoms with Gasteiger partial charge in [-0.05, 0) is 36.8 Å². The first kappa shape index (κ1) is 24.3. The summed E-state index contributed by atoms with van der Waals surface area (Å²) in [5.41, 5.74) is 2.84. The van der Waals surface area contributed by atoms with E-state index < -0.39 is 0 Å². The quantitative estimate of drug-likeness (QED) is 0.183. The van der Waals surface area contributed by atoms with E-state index in [0.29, 0.717) is 6.04 Å². The predicted molar refractivity (Wildman–Crippen MR) is 136 cm³/mol. The molecule has 2 heteroatoms. The summed E-state index contributed by atoms with van der Waals surface area (Å²) in [6, 6.07) is 22.5. The number of hydrogen-bond acceptors (Lipinski definition) is 0. The maximum atomic E-state index is 2.47. The molecule has 2 unspecified atom stereocenters. The van der Waals surface area contributed by atoms with Crippen molar-refractivity contribution in [3.8, 4) is 0 Å². The van der Waals surface area contributed by atoms with Crippen molar-refractivity contribution in [2.75, 3.05) is 0 Å². The Morgan fingerprint density at radius 2 is 1.44 bits per heavy atom. The third kappa shape index (κ3) is 6.58. The molecule has 0 amide bonds. The van der Waals surface area contributed by atoms with Gasteiger partial charge in [-0.25, -0.2) is 9.13 Å². The summed E-state index contributed by atoms with van der Waals surface area (Å²) in [6.45, 7) is 8.19. The molecule has 0 N–H and O–H groups in total. The van der Waals surface area contributed by atoms with E-state index in [9.17, 15) is 0 Å². The molecule has 3 aromatic rings. The normalized spacial score (nSPS) is 14.2. The third-order valence-electron chi connectivity index (χ3n) is 7.06. The lowest BCUT2D eigenvalue weighted by Gasteiger charge is -2.36. The Labute approximate surface area is 196 Å². The molecule has 1 aromatic heterocycles. The van der Waals surface area contributed by atoms with E-state index >= 15 is 0 Å². The maximum absolute atomic E-state index is 2.47. The van der Waals surface area contributed by atoms with E-state index in [0.717, 1.165) is 19.4 Å². The molecule has 2 aromatic carbocycles. The molecule has 0 saturated carbocycles. The number of rotatable bonds is 14. The van der Waals surface area contributed by atoms with Crippen LogP contribution in [-0.4, -0.2) is 4.57 Å². The zero-order valence-corrected chi connectivity index (χ0v) is 20.5. The molecular formula is C30H43N2+. The van der Waals surface area contributed by atoms with Gasteiger partial charge in [-0.1, -0.05) is 114 Å². The Morgan fingerprint density at radius 1 is 0.812 bits per heavy atom. The molecule has 0 spiro atoms. The van der Waals surface area contributed by atoms with Gasteiger partial charge in [0.05, 0.1) is 6.54 Å². The van der Waals surface area contributed by atoms with Gasteiger partial charge >= 0.3 is 0 Å². The lowest BCUT2D eigenvalue weighted by Crippen LogP contribution is -2.37. The second-order valence-corrected chi connectivity index (χ2v) is 9.59. The number of aromatic nitrogens is 2. The van der Waals surface area contributed by atoms with Crippen molar-refractivity contribution >= 4 is 0 Å². The SMILES string of the molecule is CCCCCCCCC[n+]1ccn(C(CC)C(C)(Cc2ccccc2)c2ccccc2)c1. The molecule has 0 aliphatic heterocycles. The molecule has 1 heterocycles. The van der Waals surface area contributed by atoms with Crippen LogP contribution in [0.25, 0.3) is 0 Å². The van der Waals surface area contributed by atoms with E-state index in [4.69, 9.17) is 0 Å². The van der Waals surface area contributed by atoms with Crippen molar-refractivity contribution in [3.63, 3.8) is 0 Å². The topological polar surface area (TPSA) is 8.81 Å². The van der Waals surface area contributed by atoms with Crippen molar-refractivity contribution < 1.29 is 4.57 Å². The van der Waals surface area contributed by atoms with Crippen LogP contribution in [0.3, 0.4) is 0 Å². The van der Waals surface area contributed by atoms with Gasteiger partial charge in [0.2, 0.25) is 6.33 Å². The van der Waals surface area contributed by atoms with Crippen molar-refractivity contribution in [1.82, 2.24) is 4.57 Å². The molecule has 2 nitrogen and oxygen atoms in total. The van der Waals surface area contributed by atoms with Crippen molar-refractivity contribution in [1.29, 1.82) is 0 Å². The molecule has 0 radical (unpaired) electrons. The average Bonchev–Trinajstić information content (AvgIpc) is 3.28. The van der Waals surface area contributed by atoms with E-state index in [1.54, 1.807) is 0 Å². The Balaban J connectivity index is 1.72. The van der Waals surface area contributed by atoms with Gasteiger partial charge in [0.1, 0.15) is 18.4 Å². The largest absolute Gasteiger partial charge is 0.244 e. The molecule has 0 bridgehead atoms. The smallest absolute Gasteiger partial charge is 0.237 e. The molecule has 32 heavy (non-hydrogen) atoms. The summed E-state index contributed by atoms with van der Waals surface area (Å²) in [5, 5.41) is 0. The fourth-order valence-electron chi connectivity index (χ4n) is 5.22. The lowest BCUT2D eigenvalue weighted by molar-refractivity contribution is -0.697. The van der Waals surface area contributed by atoms with Crippen LogP contribution in [0, 0.1) is 0 Å². The molecule has 2 atom stereocenters. The molecule has 0 aliphatic carbocycles. The van der Waals surface area contributed by atoms with Gasteiger partial charge in [-0.2, -0.15) is 0 Å². The van der Waals surface area contributed by atoms with Crippen molar-refractivity contribution in [2.24, 2.45) is 0 Å². The number of aryl methyl sites for hydroxylation is 1. The molecule has 172 valence electrons. The highest BCUT2D eigenvalue weighted by atomic mass is 15.1. The Bertz CT molecular complexity index is 883. The lowest BCUT2D eigenvalue weighted by atomic mass is 9.70. The number of nitrogens with zero attached hydrogens (tertiary/aromatic N) is 2. The molecule has 3 rings (SSSR count). The Kier molecular flexibility index (Phi) is 9.59. The second kappa shape index (κ2) is 12.6. The standard InChI is InChI=1S/C30H43N2/c1-4-6-7-8-9-10-17-22-31-23-24-32(26-31)29(5-2)30(3,28-20-15-12-16-21-28)25-27-18-13-11-14-19-27/h11-16,18-21,23-24,26,29H,4-10,17,22,25H2,1-3H3/q+1. The fourth-order valence-corrected chi connectivity index (χ4v) is 5.22. The zero-order chi connectivity index (χ0) is 22.7. The Morgan fingerprint density at radius 3 is 2.09 bits per heavy atom. The van der Waals surface area contributed by atoms with Crippen molar-refractivity contribution in [3.05, 3.63) is 90.5 Å². The summed E-state index contributed by atoms with van der Waals surface area (Å²) in [5.74, 6) is 0. The van der Waals surface area contributed by atoms with Gasteiger partial charge < -0.3 is 0 Å². The van der Waals surface area contributed by atoms with Crippen LogP contribution in [0.15, 0.2) is 79.4 Å². The first-order chi connectivity index (χ1) is 15.7. The number of unbranched alkanes of at least 4 members (excludes halogenated alkanes) is 6. The molecule has 0 saturated heterocycles. The minimum Gasteiger partial charge on any atom is -0.237 e. The summed E-state index contributed by atoms with van der Waals surface area (Å²) in [4.78, 5) is 0. The van der Waals surface area contributed by atoms with Gasteiger partial charge in [0, 0.05) is 5.41 Å². The zero-order valence-electron chi connectivity index (χ0n) is 20.5. The van der Waals surface area contributed by atoms with Crippen LogP contribution in [0.5, 0.6) is 0 Å². The monoisotopic (exact) mass is 431 g/mol. The van der Waals surface area contributed by atoms with Crippen LogP contribution < -0.4 is 4.57 Å². The third-order valence-corrected chi connectivity index (χ3v) is 7.06. The van der Waals surface area contributed by atoms with Crippen LogP contribution in [0.2, 0.25) is 0 Å².